The molecule has 0 saturated heterocycles. The molecule has 0 spiro atoms. The molecule has 0 aliphatic carbocycles. The standard InChI is InChI=1S/C15H27NO7/c1-6-21-12(18)15(20,13(19)22-7-2)10(16)8-9-11(17)23-14(3,4)5/h10,20H,6-9,16H2,1-5H3. The summed E-state index contributed by atoms with van der Waals surface area (Å²) >= 11 is 0. The van der Waals surface area contributed by atoms with Crippen molar-refractivity contribution in [3.8, 4) is 0 Å². The Hall–Kier alpha value is -1.67. The smallest absolute Gasteiger partial charge is 0.351 e. The number of esters is 3. The van der Waals surface area contributed by atoms with Crippen molar-refractivity contribution in [2.45, 2.75) is 64.7 Å². The third-order valence-electron chi connectivity index (χ3n) is 2.79. The van der Waals surface area contributed by atoms with Crippen LogP contribution in [0.3, 0.4) is 0 Å². The zero-order valence-electron chi connectivity index (χ0n) is 14.4. The molecule has 134 valence electrons. The zero-order valence-corrected chi connectivity index (χ0v) is 14.4. The van der Waals surface area contributed by atoms with Crippen LogP contribution in [-0.4, -0.2) is 53.5 Å². The van der Waals surface area contributed by atoms with Crippen molar-refractivity contribution in [1.29, 1.82) is 0 Å². The van der Waals surface area contributed by atoms with Crippen LogP contribution in [0.4, 0.5) is 0 Å². The minimum Gasteiger partial charge on any atom is -0.463 e. The number of nitrogens with two attached hydrogens (primary N) is 1. The number of hydrogen-bond acceptors (Lipinski definition) is 8. The van der Waals surface area contributed by atoms with Crippen molar-refractivity contribution in [1.82, 2.24) is 0 Å². The lowest BCUT2D eigenvalue weighted by atomic mass is 9.91. The summed E-state index contributed by atoms with van der Waals surface area (Å²) in [6, 6.07) is -1.37. The molecule has 1 atom stereocenters. The summed E-state index contributed by atoms with van der Waals surface area (Å²) in [6.45, 7) is 8.08. The van der Waals surface area contributed by atoms with E-state index in [1.807, 2.05) is 0 Å². The van der Waals surface area contributed by atoms with Crippen molar-refractivity contribution >= 4 is 17.9 Å². The maximum Gasteiger partial charge on any atom is 0.351 e. The van der Waals surface area contributed by atoms with E-state index < -0.39 is 35.2 Å². The van der Waals surface area contributed by atoms with Gasteiger partial charge in [0.2, 0.25) is 0 Å². The van der Waals surface area contributed by atoms with E-state index in [2.05, 4.69) is 0 Å². The minimum absolute atomic E-state index is 0.0423. The second kappa shape index (κ2) is 8.83. The molecule has 0 amide bonds. The van der Waals surface area contributed by atoms with Crippen LogP contribution in [0.15, 0.2) is 0 Å². The Balaban J connectivity index is 5.01. The summed E-state index contributed by atoms with van der Waals surface area (Å²) in [7, 11) is 0. The van der Waals surface area contributed by atoms with Crippen molar-refractivity contribution in [2.75, 3.05) is 13.2 Å². The number of rotatable bonds is 8. The molecule has 0 aliphatic heterocycles. The average molecular weight is 333 g/mol. The normalized spacial score (nSPS) is 13.2. The first kappa shape index (κ1) is 21.3. The summed E-state index contributed by atoms with van der Waals surface area (Å²) in [5.74, 6) is -2.95. The maximum atomic E-state index is 11.9. The molecular formula is C15H27NO7. The van der Waals surface area contributed by atoms with Crippen molar-refractivity contribution in [2.24, 2.45) is 5.73 Å². The molecule has 0 bridgehead atoms. The van der Waals surface area contributed by atoms with Gasteiger partial charge in [0.05, 0.1) is 19.3 Å². The fourth-order valence-corrected chi connectivity index (χ4v) is 1.74. The van der Waals surface area contributed by atoms with E-state index >= 15 is 0 Å². The predicted molar refractivity (Wildman–Crippen MR) is 81.3 cm³/mol. The molecule has 0 aromatic heterocycles. The van der Waals surface area contributed by atoms with Crippen LogP contribution in [0.5, 0.6) is 0 Å². The minimum atomic E-state index is -2.66. The second-order valence-electron chi connectivity index (χ2n) is 5.94. The van der Waals surface area contributed by atoms with Gasteiger partial charge in [0, 0.05) is 6.42 Å². The lowest BCUT2D eigenvalue weighted by Crippen LogP contribution is -2.61. The van der Waals surface area contributed by atoms with Gasteiger partial charge in [0.25, 0.3) is 5.60 Å². The number of carbonyl (C=O) groups excluding carboxylic acids is 3. The van der Waals surface area contributed by atoms with E-state index in [0.717, 1.165) is 0 Å². The highest BCUT2D eigenvalue weighted by molar-refractivity contribution is 6.04. The van der Waals surface area contributed by atoms with E-state index in [9.17, 15) is 19.5 Å². The van der Waals surface area contributed by atoms with E-state index in [1.165, 1.54) is 13.8 Å². The van der Waals surface area contributed by atoms with Gasteiger partial charge in [-0.05, 0) is 41.0 Å². The van der Waals surface area contributed by atoms with Gasteiger partial charge in [-0.3, -0.25) is 4.79 Å². The van der Waals surface area contributed by atoms with E-state index in [-0.39, 0.29) is 26.1 Å². The first-order chi connectivity index (χ1) is 10.5. The Bertz CT molecular complexity index is 410. The molecule has 3 N–H and O–H groups in total. The monoisotopic (exact) mass is 333 g/mol. The van der Waals surface area contributed by atoms with E-state index in [4.69, 9.17) is 19.9 Å². The van der Waals surface area contributed by atoms with Gasteiger partial charge in [0.1, 0.15) is 5.60 Å². The van der Waals surface area contributed by atoms with E-state index in [1.54, 1.807) is 20.8 Å². The van der Waals surface area contributed by atoms with Gasteiger partial charge < -0.3 is 25.1 Å². The molecule has 0 heterocycles. The van der Waals surface area contributed by atoms with E-state index in [0.29, 0.717) is 0 Å². The fourth-order valence-electron chi connectivity index (χ4n) is 1.74. The van der Waals surface area contributed by atoms with Crippen molar-refractivity contribution in [3.63, 3.8) is 0 Å². The van der Waals surface area contributed by atoms with Crippen LogP contribution < -0.4 is 5.73 Å². The highest BCUT2D eigenvalue weighted by Crippen LogP contribution is 2.19. The summed E-state index contributed by atoms with van der Waals surface area (Å²) in [5.41, 5.74) is 2.44. The Kier molecular flexibility index (Phi) is 8.19. The van der Waals surface area contributed by atoms with Gasteiger partial charge in [-0.1, -0.05) is 0 Å². The first-order valence-electron chi connectivity index (χ1n) is 7.53. The van der Waals surface area contributed by atoms with Crippen LogP contribution in [0.25, 0.3) is 0 Å². The predicted octanol–water partition coefficient (Wildman–Crippen LogP) is 0.293. The average Bonchev–Trinajstić information content (AvgIpc) is 2.42. The summed E-state index contributed by atoms with van der Waals surface area (Å²) < 4.78 is 14.5. The topological polar surface area (TPSA) is 125 Å². The molecule has 0 aromatic carbocycles. The highest BCUT2D eigenvalue weighted by Gasteiger charge is 2.52. The quantitative estimate of drug-likeness (QED) is 0.369. The molecular weight excluding hydrogens is 306 g/mol. The maximum absolute atomic E-state index is 11.9. The number of hydrogen-bond donors (Lipinski definition) is 2. The van der Waals surface area contributed by atoms with Crippen LogP contribution in [0.1, 0.15) is 47.5 Å². The molecule has 1 unspecified atom stereocenters. The van der Waals surface area contributed by atoms with Crippen molar-refractivity contribution in [3.05, 3.63) is 0 Å². The Morgan fingerprint density at radius 3 is 1.83 bits per heavy atom. The number of aliphatic hydroxyl groups is 1. The third kappa shape index (κ3) is 6.54. The molecule has 23 heavy (non-hydrogen) atoms. The molecule has 0 aromatic rings. The third-order valence-corrected chi connectivity index (χ3v) is 2.79. The van der Waals surface area contributed by atoms with Crippen LogP contribution in [-0.2, 0) is 28.6 Å². The lowest BCUT2D eigenvalue weighted by Gasteiger charge is -2.29. The van der Waals surface area contributed by atoms with Crippen LogP contribution in [0, 0.1) is 0 Å². The number of ether oxygens (including phenoxy) is 3. The molecule has 8 heteroatoms. The first-order valence-corrected chi connectivity index (χ1v) is 7.53. The lowest BCUT2D eigenvalue weighted by molar-refractivity contribution is -0.186. The van der Waals surface area contributed by atoms with Gasteiger partial charge in [-0.25, -0.2) is 9.59 Å². The summed E-state index contributed by atoms with van der Waals surface area (Å²) in [4.78, 5) is 35.5. The Morgan fingerprint density at radius 2 is 1.48 bits per heavy atom. The van der Waals surface area contributed by atoms with Crippen molar-refractivity contribution < 1.29 is 33.7 Å². The SMILES string of the molecule is CCOC(=O)C(O)(C(=O)OCC)C(N)CCC(=O)OC(C)(C)C. The number of carbonyl (C=O) groups is 3. The Morgan fingerprint density at radius 1 is 1.04 bits per heavy atom. The molecule has 0 radical (unpaired) electrons. The van der Waals surface area contributed by atoms with Crippen LogP contribution >= 0.6 is 0 Å². The van der Waals surface area contributed by atoms with Gasteiger partial charge in [-0.15, -0.1) is 0 Å². The molecule has 0 saturated carbocycles. The van der Waals surface area contributed by atoms with Gasteiger partial charge in [-0.2, -0.15) is 0 Å². The fraction of sp³-hybridized carbons (Fsp3) is 0.800. The largest absolute Gasteiger partial charge is 0.463 e. The summed E-state index contributed by atoms with van der Waals surface area (Å²) in [5, 5.41) is 10.4. The molecule has 0 aliphatic rings. The zero-order chi connectivity index (χ0) is 18.3. The molecule has 0 rings (SSSR count). The van der Waals surface area contributed by atoms with Crippen LogP contribution in [0.2, 0.25) is 0 Å². The van der Waals surface area contributed by atoms with Gasteiger partial charge >= 0.3 is 17.9 Å². The molecule has 0 fully saturated rings. The molecule has 8 nitrogen and oxygen atoms in total. The Labute approximate surface area is 136 Å². The van der Waals surface area contributed by atoms with Gasteiger partial charge in [0.15, 0.2) is 0 Å². The summed E-state index contributed by atoms with van der Waals surface area (Å²) in [6.07, 6.45) is -0.317. The second-order valence-corrected chi connectivity index (χ2v) is 5.94. The highest BCUT2D eigenvalue weighted by atomic mass is 16.6.